The minimum absolute atomic E-state index is 0.688. The van der Waals surface area contributed by atoms with E-state index in [0.29, 0.717) is 6.61 Å². The van der Waals surface area contributed by atoms with Crippen LogP contribution in [0.5, 0.6) is 5.75 Å². The molecule has 1 N–H and O–H groups in total. The van der Waals surface area contributed by atoms with Gasteiger partial charge >= 0.3 is 0 Å². The van der Waals surface area contributed by atoms with Crippen LogP contribution in [0.3, 0.4) is 0 Å². The molecular weight excluding hydrogens is 254 g/mol. The molecule has 0 atom stereocenters. The summed E-state index contributed by atoms with van der Waals surface area (Å²) in [6.07, 6.45) is 2.90. The second kappa shape index (κ2) is 7.49. The maximum atomic E-state index is 5.55. The van der Waals surface area contributed by atoms with Gasteiger partial charge in [-0.25, -0.2) is 0 Å². The smallest absolute Gasteiger partial charge is 0.120 e. The molecule has 0 bridgehead atoms. The van der Waals surface area contributed by atoms with E-state index in [2.05, 4.69) is 27.8 Å². The van der Waals surface area contributed by atoms with Crippen molar-refractivity contribution in [1.82, 2.24) is 5.32 Å². The number of benzene rings is 1. The van der Waals surface area contributed by atoms with Crippen LogP contribution in [-0.4, -0.2) is 19.7 Å². The molecule has 0 aliphatic heterocycles. The predicted octanol–water partition coefficient (Wildman–Crippen LogP) is 2.99. The number of hydrogen-bond donors (Lipinski definition) is 1. The first-order chi connectivity index (χ1) is 7.33. The van der Waals surface area contributed by atoms with E-state index in [4.69, 9.17) is 4.74 Å². The number of nitrogens with one attached hydrogen (secondary N) is 1. The van der Waals surface area contributed by atoms with Crippen molar-refractivity contribution in [3.63, 3.8) is 0 Å². The van der Waals surface area contributed by atoms with Crippen LogP contribution in [0.1, 0.15) is 6.42 Å². The van der Waals surface area contributed by atoms with Crippen LogP contribution >= 0.6 is 15.9 Å². The van der Waals surface area contributed by atoms with Crippen molar-refractivity contribution in [2.24, 2.45) is 0 Å². The zero-order valence-corrected chi connectivity index (χ0v) is 10.3. The highest BCUT2D eigenvalue weighted by Crippen LogP contribution is 2.17. The van der Waals surface area contributed by atoms with Crippen LogP contribution in [0, 0.1) is 0 Å². The zero-order valence-electron chi connectivity index (χ0n) is 8.71. The topological polar surface area (TPSA) is 21.3 Å². The molecule has 0 heterocycles. The molecule has 0 saturated heterocycles. The number of halogens is 1. The SMILES string of the molecule is C=CCCNCCOc1cccc(Br)c1. The summed E-state index contributed by atoms with van der Waals surface area (Å²) < 4.78 is 6.59. The summed E-state index contributed by atoms with van der Waals surface area (Å²) in [5.41, 5.74) is 0. The largest absolute Gasteiger partial charge is 0.492 e. The van der Waals surface area contributed by atoms with Crippen molar-refractivity contribution >= 4 is 15.9 Å². The van der Waals surface area contributed by atoms with Gasteiger partial charge in [0.15, 0.2) is 0 Å². The van der Waals surface area contributed by atoms with Crippen molar-refractivity contribution < 1.29 is 4.74 Å². The van der Waals surface area contributed by atoms with Crippen LogP contribution in [-0.2, 0) is 0 Å². The highest BCUT2D eigenvalue weighted by atomic mass is 79.9. The van der Waals surface area contributed by atoms with Gasteiger partial charge in [0.2, 0.25) is 0 Å². The minimum atomic E-state index is 0.688. The van der Waals surface area contributed by atoms with Crippen molar-refractivity contribution in [2.75, 3.05) is 19.7 Å². The third kappa shape index (κ3) is 5.60. The van der Waals surface area contributed by atoms with Gasteiger partial charge in [0.1, 0.15) is 12.4 Å². The van der Waals surface area contributed by atoms with Crippen molar-refractivity contribution in [2.45, 2.75) is 6.42 Å². The molecule has 0 aromatic heterocycles. The molecule has 1 aromatic rings. The van der Waals surface area contributed by atoms with E-state index in [1.807, 2.05) is 30.3 Å². The Morgan fingerprint density at radius 3 is 3.00 bits per heavy atom. The van der Waals surface area contributed by atoms with E-state index in [0.717, 1.165) is 29.7 Å². The van der Waals surface area contributed by atoms with Gasteiger partial charge in [0, 0.05) is 11.0 Å². The van der Waals surface area contributed by atoms with Crippen LogP contribution in [0.25, 0.3) is 0 Å². The summed E-state index contributed by atoms with van der Waals surface area (Å²) in [5, 5.41) is 3.26. The van der Waals surface area contributed by atoms with Gasteiger partial charge < -0.3 is 10.1 Å². The van der Waals surface area contributed by atoms with E-state index in [9.17, 15) is 0 Å². The average molecular weight is 270 g/mol. The summed E-state index contributed by atoms with van der Waals surface area (Å²) in [5.74, 6) is 0.898. The summed E-state index contributed by atoms with van der Waals surface area (Å²) in [7, 11) is 0. The molecule has 0 unspecified atom stereocenters. The molecule has 0 radical (unpaired) electrons. The summed E-state index contributed by atoms with van der Waals surface area (Å²) >= 11 is 3.40. The normalized spacial score (nSPS) is 9.93. The van der Waals surface area contributed by atoms with Crippen LogP contribution < -0.4 is 10.1 Å². The second-order valence-corrected chi connectivity index (χ2v) is 4.05. The molecule has 1 rings (SSSR count). The lowest BCUT2D eigenvalue weighted by molar-refractivity contribution is 0.314. The van der Waals surface area contributed by atoms with Gasteiger partial charge in [-0.2, -0.15) is 0 Å². The Kier molecular flexibility index (Phi) is 6.12. The number of rotatable bonds is 7. The highest BCUT2D eigenvalue weighted by Gasteiger charge is 1.93. The summed E-state index contributed by atoms with van der Waals surface area (Å²) in [4.78, 5) is 0. The maximum absolute atomic E-state index is 5.55. The molecule has 0 fully saturated rings. The lowest BCUT2D eigenvalue weighted by Crippen LogP contribution is -2.21. The molecule has 0 spiro atoms. The van der Waals surface area contributed by atoms with Gasteiger partial charge in [-0.05, 0) is 31.2 Å². The van der Waals surface area contributed by atoms with E-state index in [1.54, 1.807) is 0 Å². The molecule has 0 amide bonds. The standard InChI is InChI=1S/C12H16BrNO/c1-2-3-7-14-8-9-15-12-6-4-5-11(13)10-12/h2,4-6,10,14H,1,3,7-9H2. The monoisotopic (exact) mass is 269 g/mol. The van der Waals surface area contributed by atoms with Crippen molar-refractivity contribution in [1.29, 1.82) is 0 Å². The van der Waals surface area contributed by atoms with Crippen LogP contribution in [0.15, 0.2) is 41.4 Å². The van der Waals surface area contributed by atoms with Crippen molar-refractivity contribution in [3.05, 3.63) is 41.4 Å². The first-order valence-corrected chi connectivity index (χ1v) is 5.82. The fourth-order valence-corrected chi connectivity index (χ4v) is 1.51. The third-order valence-electron chi connectivity index (χ3n) is 1.87. The second-order valence-electron chi connectivity index (χ2n) is 3.13. The van der Waals surface area contributed by atoms with Crippen molar-refractivity contribution in [3.8, 4) is 5.75 Å². The summed E-state index contributed by atoms with van der Waals surface area (Å²) in [6.45, 7) is 6.17. The molecule has 3 heteroatoms. The van der Waals surface area contributed by atoms with Gasteiger partial charge in [0.25, 0.3) is 0 Å². The van der Waals surface area contributed by atoms with E-state index in [-0.39, 0.29) is 0 Å². The van der Waals surface area contributed by atoms with E-state index in [1.165, 1.54) is 0 Å². The molecule has 2 nitrogen and oxygen atoms in total. The zero-order chi connectivity index (χ0) is 10.9. The molecule has 1 aromatic carbocycles. The van der Waals surface area contributed by atoms with Gasteiger partial charge in [-0.15, -0.1) is 6.58 Å². The third-order valence-corrected chi connectivity index (χ3v) is 2.36. The van der Waals surface area contributed by atoms with Crippen LogP contribution in [0.2, 0.25) is 0 Å². The summed E-state index contributed by atoms with van der Waals surface area (Å²) in [6, 6.07) is 7.86. The molecule has 0 saturated carbocycles. The molecule has 0 aliphatic rings. The van der Waals surface area contributed by atoms with Gasteiger partial charge in [-0.3, -0.25) is 0 Å². The highest BCUT2D eigenvalue weighted by molar-refractivity contribution is 9.10. The molecule has 0 aliphatic carbocycles. The Morgan fingerprint density at radius 2 is 2.27 bits per heavy atom. The van der Waals surface area contributed by atoms with E-state index < -0.39 is 0 Å². The Morgan fingerprint density at radius 1 is 1.40 bits per heavy atom. The number of hydrogen-bond acceptors (Lipinski definition) is 2. The lowest BCUT2D eigenvalue weighted by Gasteiger charge is -2.06. The number of ether oxygens (including phenoxy) is 1. The Bertz CT molecular complexity index is 301. The Labute approximate surface area is 99.5 Å². The van der Waals surface area contributed by atoms with Gasteiger partial charge in [-0.1, -0.05) is 28.1 Å². The fraction of sp³-hybridized carbons (Fsp3) is 0.333. The average Bonchev–Trinajstić information content (AvgIpc) is 2.23. The first kappa shape index (κ1) is 12.3. The predicted molar refractivity (Wildman–Crippen MR) is 67.3 cm³/mol. The Balaban J connectivity index is 2.12. The fourth-order valence-electron chi connectivity index (χ4n) is 1.13. The lowest BCUT2D eigenvalue weighted by atomic mass is 10.3. The molecule has 15 heavy (non-hydrogen) atoms. The maximum Gasteiger partial charge on any atom is 0.120 e. The minimum Gasteiger partial charge on any atom is -0.492 e. The molecular formula is C12H16BrNO. The Hall–Kier alpha value is -0.800. The molecule has 82 valence electrons. The first-order valence-electron chi connectivity index (χ1n) is 5.03. The van der Waals surface area contributed by atoms with E-state index >= 15 is 0 Å². The quantitative estimate of drug-likeness (QED) is 0.607. The van der Waals surface area contributed by atoms with Crippen LogP contribution in [0.4, 0.5) is 0 Å². The van der Waals surface area contributed by atoms with Gasteiger partial charge in [0.05, 0.1) is 0 Å².